The third-order valence-corrected chi connectivity index (χ3v) is 3.48. The second-order valence-corrected chi connectivity index (χ2v) is 5.11. The number of hydrogen-bond acceptors (Lipinski definition) is 2. The molecule has 1 saturated carbocycles. The number of amides is 1. The molecule has 0 spiro atoms. The van der Waals surface area contributed by atoms with Crippen molar-refractivity contribution in [1.82, 2.24) is 5.32 Å². The van der Waals surface area contributed by atoms with Gasteiger partial charge in [-0.25, -0.2) is 8.78 Å². The molecule has 1 atom stereocenters. The molecule has 0 aromatic heterocycles. The molecule has 3 nitrogen and oxygen atoms in total. The number of nitrogens with two attached hydrogens (primary N) is 1. The van der Waals surface area contributed by atoms with Crippen molar-refractivity contribution in [2.75, 3.05) is 5.73 Å². The Morgan fingerprint density at radius 3 is 2.63 bits per heavy atom. The van der Waals surface area contributed by atoms with E-state index in [0.717, 1.165) is 25.0 Å². The van der Waals surface area contributed by atoms with E-state index in [4.69, 9.17) is 5.73 Å². The molecule has 19 heavy (non-hydrogen) atoms. The van der Waals surface area contributed by atoms with Gasteiger partial charge in [-0.1, -0.05) is 19.8 Å². The quantitative estimate of drug-likeness (QED) is 0.807. The predicted octanol–water partition coefficient (Wildman–Crippen LogP) is 2.86. The van der Waals surface area contributed by atoms with Crippen molar-refractivity contribution >= 4 is 11.6 Å². The molecule has 1 fully saturated rings. The largest absolute Gasteiger partial charge is 0.398 e. The predicted molar refractivity (Wildman–Crippen MR) is 69.7 cm³/mol. The number of hydrogen-bond donors (Lipinski definition) is 2. The van der Waals surface area contributed by atoms with Crippen LogP contribution in [-0.4, -0.2) is 11.9 Å². The summed E-state index contributed by atoms with van der Waals surface area (Å²) < 4.78 is 26.1. The maximum absolute atomic E-state index is 13.1. The molecule has 104 valence electrons. The molecule has 5 heteroatoms. The highest BCUT2D eigenvalue weighted by atomic mass is 19.2. The number of carbonyl (C=O) groups is 1. The number of benzene rings is 1. The summed E-state index contributed by atoms with van der Waals surface area (Å²) in [6, 6.07) is 1.75. The molecule has 1 aromatic carbocycles. The maximum atomic E-state index is 13.1. The summed E-state index contributed by atoms with van der Waals surface area (Å²) in [5.74, 6) is -1.86. The Morgan fingerprint density at radius 1 is 1.42 bits per heavy atom. The minimum atomic E-state index is -1.06. The van der Waals surface area contributed by atoms with E-state index in [1.165, 1.54) is 12.8 Å². The zero-order valence-corrected chi connectivity index (χ0v) is 10.9. The fraction of sp³-hybridized carbons (Fsp3) is 0.500. The van der Waals surface area contributed by atoms with Crippen LogP contribution in [0.4, 0.5) is 14.5 Å². The summed E-state index contributed by atoms with van der Waals surface area (Å²) >= 11 is 0. The van der Waals surface area contributed by atoms with Crippen LogP contribution < -0.4 is 11.1 Å². The molecule has 2 rings (SSSR count). The van der Waals surface area contributed by atoms with E-state index in [1.807, 2.05) is 6.92 Å². The lowest BCUT2D eigenvalue weighted by Gasteiger charge is -2.17. The van der Waals surface area contributed by atoms with Crippen LogP contribution >= 0.6 is 0 Å². The average molecular weight is 268 g/mol. The second kappa shape index (κ2) is 5.55. The van der Waals surface area contributed by atoms with E-state index < -0.39 is 17.5 Å². The van der Waals surface area contributed by atoms with Gasteiger partial charge in [0.1, 0.15) is 0 Å². The maximum Gasteiger partial charge on any atom is 0.253 e. The Kier molecular flexibility index (Phi) is 4.02. The van der Waals surface area contributed by atoms with Gasteiger partial charge in [-0.15, -0.1) is 0 Å². The molecule has 0 radical (unpaired) electrons. The average Bonchev–Trinajstić information content (AvgIpc) is 3.16. The summed E-state index contributed by atoms with van der Waals surface area (Å²) in [7, 11) is 0. The fourth-order valence-electron chi connectivity index (χ4n) is 2.11. The van der Waals surface area contributed by atoms with E-state index in [1.54, 1.807) is 0 Å². The minimum Gasteiger partial charge on any atom is -0.398 e. The molecule has 0 heterocycles. The molecule has 1 unspecified atom stereocenters. The first kappa shape index (κ1) is 13.8. The number of nitrogen functional groups attached to an aromatic ring is 1. The van der Waals surface area contributed by atoms with Gasteiger partial charge in [-0.2, -0.15) is 0 Å². The lowest BCUT2D eigenvalue weighted by Crippen LogP contribution is -2.35. The van der Waals surface area contributed by atoms with Gasteiger partial charge in [0.25, 0.3) is 5.91 Å². The Balaban J connectivity index is 2.07. The van der Waals surface area contributed by atoms with Crippen molar-refractivity contribution in [1.29, 1.82) is 0 Å². The highest BCUT2D eigenvalue weighted by Crippen LogP contribution is 2.34. The van der Waals surface area contributed by atoms with Crippen molar-refractivity contribution in [3.63, 3.8) is 0 Å². The van der Waals surface area contributed by atoms with Gasteiger partial charge < -0.3 is 11.1 Å². The molecule has 1 aliphatic carbocycles. The van der Waals surface area contributed by atoms with Crippen LogP contribution in [0.25, 0.3) is 0 Å². The number of nitrogens with one attached hydrogen (secondary N) is 1. The van der Waals surface area contributed by atoms with Crippen molar-refractivity contribution in [3.05, 3.63) is 29.3 Å². The molecule has 0 saturated heterocycles. The summed E-state index contributed by atoms with van der Waals surface area (Å²) in [6.45, 7) is 1.99. The first-order valence-electron chi connectivity index (χ1n) is 6.56. The van der Waals surface area contributed by atoms with Crippen LogP contribution in [0.3, 0.4) is 0 Å². The number of rotatable bonds is 5. The third kappa shape index (κ3) is 3.43. The monoisotopic (exact) mass is 268 g/mol. The standard InChI is InChI=1S/C14H18F2N2O/c1-2-9(5-8-3-4-8)18-14(19)10-6-11(15)12(16)7-13(10)17/h6-9H,2-5,17H2,1H3,(H,18,19). The molecule has 1 amide bonds. The highest BCUT2D eigenvalue weighted by Gasteiger charge is 2.26. The molecular weight excluding hydrogens is 250 g/mol. The zero-order valence-electron chi connectivity index (χ0n) is 10.9. The van der Waals surface area contributed by atoms with Crippen LogP contribution in [0.2, 0.25) is 0 Å². The third-order valence-electron chi connectivity index (χ3n) is 3.48. The van der Waals surface area contributed by atoms with Gasteiger partial charge in [-0.3, -0.25) is 4.79 Å². The number of anilines is 1. The van der Waals surface area contributed by atoms with Crippen LogP contribution in [0.15, 0.2) is 12.1 Å². The van der Waals surface area contributed by atoms with Crippen molar-refractivity contribution < 1.29 is 13.6 Å². The molecule has 0 bridgehead atoms. The SMILES string of the molecule is CCC(CC1CC1)NC(=O)c1cc(F)c(F)cc1N. The highest BCUT2D eigenvalue weighted by molar-refractivity contribution is 5.99. The van der Waals surface area contributed by atoms with E-state index >= 15 is 0 Å². The van der Waals surface area contributed by atoms with Crippen molar-refractivity contribution in [2.45, 2.75) is 38.6 Å². The lowest BCUT2D eigenvalue weighted by molar-refractivity contribution is 0.0933. The van der Waals surface area contributed by atoms with E-state index in [-0.39, 0.29) is 17.3 Å². The van der Waals surface area contributed by atoms with E-state index in [9.17, 15) is 13.6 Å². The first-order chi connectivity index (χ1) is 9.01. The summed E-state index contributed by atoms with van der Waals surface area (Å²) in [4.78, 5) is 12.0. The molecular formula is C14H18F2N2O. The summed E-state index contributed by atoms with van der Waals surface area (Å²) in [6.07, 6.45) is 4.16. The second-order valence-electron chi connectivity index (χ2n) is 5.11. The van der Waals surface area contributed by atoms with Crippen LogP contribution in [0.5, 0.6) is 0 Å². The Morgan fingerprint density at radius 2 is 2.05 bits per heavy atom. The smallest absolute Gasteiger partial charge is 0.253 e. The topological polar surface area (TPSA) is 55.1 Å². The van der Waals surface area contributed by atoms with E-state index in [2.05, 4.69) is 5.32 Å². The molecule has 3 N–H and O–H groups in total. The Bertz CT molecular complexity index is 487. The number of halogens is 2. The normalized spacial score (nSPS) is 16.2. The lowest BCUT2D eigenvalue weighted by atomic mass is 10.1. The van der Waals surface area contributed by atoms with Gasteiger partial charge in [0.2, 0.25) is 0 Å². The fourth-order valence-corrected chi connectivity index (χ4v) is 2.11. The van der Waals surface area contributed by atoms with Crippen molar-refractivity contribution in [2.24, 2.45) is 5.92 Å². The summed E-state index contributed by atoms with van der Waals surface area (Å²) in [5, 5.41) is 2.83. The molecule has 0 aliphatic heterocycles. The van der Waals surface area contributed by atoms with Gasteiger partial charge in [0, 0.05) is 17.8 Å². The van der Waals surface area contributed by atoms with Gasteiger partial charge in [0.05, 0.1) is 5.56 Å². The zero-order chi connectivity index (χ0) is 14.0. The van der Waals surface area contributed by atoms with Gasteiger partial charge in [0.15, 0.2) is 11.6 Å². The van der Waals surface area contributed by atoms with Crippen LogP contribution in [-0.2, 0) is 0 Å². The molecule has 1 aliphatic rings. The van der Waals surface area contributed by atoms with Crippen LogP contribution in [0.1, 0.15) is 43.0 Å². The summed E-state index contributed by atoms with van der Waals surface area (Å²) in [5.41, 5.74) is 5.50. The molecule has 1 aromatic rings. The minimum absolute atomic E-state index is 0.00635. The van der Waals surface area contributed by atoms with Crippen molar-refractivity contribution in [3.8, 4) is 0 Å². The first-order valence-corrected chi connectivity index (χ1v) is 6.56. The van der Waals surface area contributed by atoms with E-state index in [0.29, 0.717) is 5.92 Å². The van der Waals surface area contributed by atoms with Gasteiger partial charge in [-0.05, 0) is 24.8 Å². The van der Waals surface area contributed by atoms with Crippen LogP contribution in [0, 0.1) is 17.6 Å². The Labute approximate surface area is 111 Å². The number of carbonyl (C=O) groups excluding carboxylic acids is 1. The van der Waals surface area contributed by atoms with Gasteiger partial charge >= 0.3 is 0 Å². The Hall–Kier alpha value is -1.65.